The van der Waals surface area contributed by atoms with E-state index in [2.05, 4.69) is 10.3 Å². The summed E-state index contributed by atoms with van der Waals surface area (Å²) in [5.74, 6) is -1.86. The van der Waals surface area contributed by atoms with Crippen molar-refractivity contribution in [2.24, 2.45) is 0 Å². The van der Waals surface area contributed by atoms with Gasteiger partial charge >= 0.3 is 5.97 Å². The number of benzene rings is 2. The maximum absolute atomic E-state index is 12.7. The number of amides is 2. The van der Waals surface area contributed by atoms with Crippen LogP contribution in [-0.2, 0) is 21.3 Å². The molecule has 200 valence electrons. The Morgan fingerprint density at radius 1 is 0.842 bits per heavy atom. The van der Waals surface area contributed by atoms with E-state index in [0.717, 1.165) is 37.4 Å². The maximum atomic E-state index is 12.7. The number of carbonyl (C=O) groups excluding carboxylic acids is 3. The van der Waals surface area contributed by atoms with E-state index < -0.39 is 21.9 Å². The van der Waals surface area contributed by atoms with Crippen LogP contribution in [0.1, 0.15) is 76.3 Å². The van der Waals surface area contributed by atoms with E-state index in [1.54, 1.807) is 0 Å². The number of esters is 1. The lowest BCUT2D eigenvalue weighted by Crippen LogP contribution is -2.31. The van der Waals surface area contributed by atoms with Gasteiger partial charge in [0.05, 0.1) is 10.5 Å². The topological polar surface area (TPSA) is 132 Å². The predicted molar refractivity (Wildman–Crippen MR) is 142 cm³/mol. The molecule has 0 bridgehead atoms. The first-order chi connectivity index (χ1) is 18.2. The summed E-state index contributed by atoms with van der Waals surface area (Å²) in [4.78, 5) is 41.1. The van der Waals surface area contributed by atoms with Gasteiger partial charge in [-0.15, -0.1) is 0 Å². The molecule has 0 saturated heterocycles. The van der Waals surface area contributed by atoms with Crippen molar-refractivity contribution in [3.8, 4) is 0 Å². The van der Waals surface area contributed by atoms with Crippen molar-refractivity contribution in [3.05, 3.63) is 95.3 Å². The minimum Gasteiger partial charge on any atom is -0.458 e. The molecule has 38 heavy (non-hydrogen) atoms. The van der Waals surface area contributed by atoms with Crippen LogP contribution in [0, 0.1) is 0 Å². The van der Waals surface area contributed by atoms with Gasteiger partial charge in [-0.1, -0.05) is 57.0 Å². The summed E-state index contributed by atoms with van der Waals surface area (Å²) in [6.45, 7) is 4.35. The lowest BCUT2D eigenvalue weighted by atomic mass is 10.1. The Hall–Kier alpha value is -4.05. The fourth-order valence-corrected chi connectivity index (χ4v) is 4.65. The summed E-state index contributed by atoms with van der Waals surface area (Å²) in [5.41, 5.74) is 1.20. The molecule has 0 aliphatic rings. The summed E-state index contributed by atoms with van der Waals surface area (Å²) in [6, 6.07) is 17.2. The molecule has 0 saturated carbocycles. The lowest BCUT2D eigenvalue weighted by molar-refractivity contribution is 0.0251. The molecule has 0 fully saturated rings. The number of nitrogens with zero attached hydrogens (tertiary/aromatic N) is 1. The molecule has 0 radical (unpaired) electrons. The first-order valence-electron chi connectivity index (χ1n) is 12.4. The second-order valence-electron chi connectivity index (χ2n) is 8.66. The summed E-state index contributed by atoms with van der Waals surface area (Å²) >= 11 is 0. The van der Waals surface area contributed by atoms with Crippen molar-refractivity contribution < 1.29 is 27.5 Å². The van der Waals surface area contributed by atoms with Crippen LogP contribution in [0.4, 0.5) is 0 Å². The van der Waals surface area contributed by atoms with E-state index >= 15 is 0 Å². The fourth-order valence-electron chi connectivity index (χ4n) is 3.67. The maximum Gasteiger partial charge on any atom is 0.357 e. The fraction of sp³-hybridized carbons (Fsp3) is 0.286. The molecule has 0 aliphatic heterocycles. The number of hydrogen-bond acceptors (Lipinski definition) is 7. The van der Waals surface area contributed by atoms with E-state index in [-0.39, 0.29) is 33.7 Å². The van der Waals surface area contributed by atoms with Crippen LogP contribution in [-0.4, -0.2) is 37.3 Å². The van der Waals surface area contributed by atoms with Crippen LogP contribution in [0.2, 0.25) is 0 Å². The number of ether oxygens (including phenoxy) is 1. The minimum atomic E-state index is -4.21. The summed E-state index contributed by atoms with van der Waals surface area (Å²) < 4.78 is 32.9. The minimum absolute atomic E-state index is 0.0303. The van der Waals surface area contributed by atoms with Crippen LogP contribution in [0.5, 0.6) is 0 Å². The Bertz CT molecular complexity index is 1340. The smallest absolute Gasteiger partial charge is 0.357 e. The van der Waals surface area contributed by atoms with Crippen molar-refractivity contribution in [2.45, 2.75) is 57.1 Å². The van der Waals surface area contributed by atoms with Crippen molar-refractivity contribution in [3.63, 3.8) is 0 Å². The monoisotopic (exact) mass is 537 g/mol. The highest BCUT2D eigenvalue weighted by Gasteiger charge is 2.21. The van der Waals surface area contributed by atoms with E-state index in [1.807, 2.05) is 48.9 Å². The summed E-state index contributed by atoms with van der Waals surface area (Å²) in [7, 11) is -4.21. The zero-order valence-corrected chi connectivity index (χ0v) is 22.2. The Balaban J connectivity index is 1.59. The Morgan fingerprint density at radius 3 is 2.05 bits per heavy atom. The van der Waals surface area contributed by atoms with Crippen LogP contribution < -0.4 is 10.0 Å². The first-order valence-corrected chi connectivity index (χ1v) is 13.9. The van der Waals surface area contributed by atoms with E-state index in [0.29, 0.717) is 6.54 Å². The van der Waals surface area contributed by atoms with Crippen molar-refractivity contribution >= 4 is 27.8 Å². The van der Waals surface area contributed by atoms with Crippen LogP contribution >= 0.6 is 0 Å². The van der Waals surface area contributed by atoms with Gasteiger partial charge < -0.3 is 10.1 Å². The molecule has 0 unspecified atom stereocenters. The molecule has 0 spiro atoms. The highest BCUT2D eigenvalue weighted by Crippen LogP contribution is 2.14. The van der Waals surface area contributed by atoms with Crippen LogP contribution in [0.3, 0.4) is 0 Å². The molecule has 1 aromatic heterocycles. The Labute approximate surface area is 222 Å². The van der Waals surface area contributed by atoms with E-state index in [9.17, 15) is 22.8 Å². The molecular weight excluding hydrogens is 506 g/mol. The molecule has 9 nitrogen and oxygen atoms in total. The number of aromatic nitrogens is 1. The Morgan fingerprint density at radius 2 is 1.47 bits per heavy atom. The highest BCUT2D eigenvalue weighted by molar-refractivity contribution is 7.90. The second kappa shape index (κ2) is 13.5. The van der Waals surface area contributed by atoms with Gasteiger partial charge in [-0.2, -0.15) is 0 Å². The lowest BCUT2D eigenvalue weighted by Gasteiger charge is -2.16. The van der Waals surface area contributed by atoms with Gasteiger partial charge in [0.2, 0.25) is 0 Å². The third-order valence-electron chi connectivity index (χ3n) is 5.68. The molecule has 3 aromatic rings. The zero-order chi connectivity index (χ0) is 27.5. The molecule has 2 aromatic carbocycles. The summed E-state index contributed by atoms with van der Waals surface area (Å²) in [5, 5.41) is 2.76. The third-order valence-corrected chi connectivity index (χ3v) is 7.03. The molecular formula is C28H31N3O6S. The number of carbonyl (C=O) groups is 3. The zero-order valence-electron chi connectivity index (χ0n) is 21.3. The second-order valence-corrected chi connectivity index (χ2v) is 10.3. The molecule has 1 heterocycles. The van der Waals surface area contributed by atoms with Gasteiger partial charge in [-0.25, -0.2) is 22.9 Å². The van der Waals surface area contributed by atoms with Crippen molar-refractivity contribution in [1.82, 2.24) is 15.0 Å². The van der Waals surface area contributed by atoms with E-state index in [4.69, 9.17) is 4.74 Å². The normalized spacial score (nSPS) is 11.1. The third kappa shape index (κ3) is 7.97. The number of nitrogens with one attached hydrogen (secondary N) is 2. The van der Waals surface area contributed by atoms with Crippen LogP contribution in [0.25, 0.3) is 0 Å². The molecule has 0 aliphatic carbocycles. The Kier molecular flexibility index (Phi) is 10.1. The SMILES string of the molecule is CCCC(CCC)OC(=O)c1ccc(C(=O)NS(=O)(=O)c2ccc(C(=O)NCc3ccccc3)cc2)cn1. The van der Waals surface area contributed by atoms with Crippen molar-refractivity contribution in [1.29, 1.82) is 0 Å². The molecule has 0 atom stereocenters. The first kappa shape index (κ1) is 28.5. The number of pyridine rings is 1. The number of sulfonamides is 1. The molecule has 2 N–H and O–H groups in total. The van der Waals surface area contributed by atoms with Gasteiger partial charge in [0.1, 0.15) is 11.8 Å². The predicted octanol–water partition coefficient (Wildman–Crippen LogP) is 4.26. The van der Waals surface area contributed by atoms with Gasteiger partial charge in [0, 0.05) is 18.3 Å². The van der Waals surface area contributed by atoms with Gasteiger partial charge in [-0.05, 0) is 54.8 Å². The van der Waals surface area contributed by atoms with Crippen molar-refractivity contribution in [2.75, 3.05) is 0 Å². The van der Waals surface area contributed by atoms with Gasteiger partial charge in [0.25, 0.3) is 21.8 Å². The van der Waals surface area contributed by atoms with Gasteiger partial charge in [-0.3, -0.25) is 9.59 Å². The molecule has 2 amide bonds. The average molecular weight is 538 g/mol. The van der Waals surface area contributed by atoms with E-state index in [1.165, 1.54) is 36.4 Å². The standard InChI is InChI=1S/C28H31N3O6S/c1-3-8-23(9-4-2)37-28(34)25-17-14-22(19-29-25)27(33)31-38(35,36)24-15-12-21(13-16-24)26(32)30-18-20-10-6-5-7-11-20/h5-7,10-17,19,23H,3-4,8-9,18H2,1-2H3,(H,30,32)(H,31,33). The molecule has 10 heteroatoms. The largest absolute Gasteiger partial charge is 0.458 e. The average Bonchev–Trinajstić information content (AvgIpc) is 2.92. The number of hydrogen-bond donors (Lipinski definition) is 2. The van der Waals surface area contributed by atoms with Crippen LogP contribution in [0.15, 0.2) is 77.8 Å². The molecule has 3 rings (SSSR count). The summed E-state index contributed by atoms with van der Waals surface area (Å²) in [6.07, 6.45) is 4.17. The highest BCUT2D eigenvalue weighted by atomic mass is 32.2. The number of rotatable bonds is 12. The quantitative estimate of drug-likeness (QED) is 0.330. The van der Waals surface area contributed by atoms with Gasteiger partial charge in [0.15, 0.2) is 0 Å².